The van der Waals surface area contributed by atoms with Crippen molar-refractivity contribution in [3.05, 3.63) is 70.8 Å². The summed E-state index contributed by atoms with van der Waals surface area (Å²) in [5, 5.41) is 8.78. The summed E-state index contributed by atoms with van der Waals surface area (Å²) in [6, 6.07) is 17.4. The number of piperazine rings is 1. The van der Waals surface area contributed by atoms with Crippen molar-refractivity contribution in [2.75, 3.05) is 26.2 Å². The van der Waals surface area contributed by atoms with Crippen LogP contribution in [0.4, 0.5) is 0 Å². The monoisotopic (exact) mass is 474 g/mol. The first-order valence-corrected chi connectivity index (χ1v) is 11.7. The highest BCUT2D eigenvalue weighted by Gasteiger charge is 2.29. The molecule has 2 N–H and O–H groups in total. The Kier molecular flexibility index (Phi) is 10.8. The van der Waals surface area contributed by atoms with Gasteiger partial charge in [0, 0.05) is 50.4 Å². The molecular formula is C26H39ClN4O2. The van der Waals surface area contributed by atoms with Crippen molar-refractivity contribution >= 4 is 18.3 Å². The fourth-order valence-corrected chi connectivity index (χ4v) is 4.73. The minimum Gasteiger partial charge on any atom is -0.300 e. The maximum atomic E-state index is 11.5. The largest absolute Gasteiger partial charge is 0.300 e. The number of carbonyl (C=O) groups excluding carboxylic acids is 1. The molecule has 0 aliphatic carbocycles. The van der Waals surface area contributed by atoms with E-state index in [4.69, 9.17) is 5.21 Å². The number of hydrogen-bond acceptors (Lipinski definition) is 5. The van der Waals surface area contributed by atoms with Crippen molar-refractivity contribution in [1.82, 2.24) is 20.2 Å². The van der Waals surface area contributed by atoms with E-state index >= 15 is 0 Å². The third kappa shape index (κ3) is 7.52. The van der Waals surface area contributed by atoms with Crippen LogP contribution >= 0.6 is 12.4 Å². The molecule has 0 spiro atoms. The van der Waals surface area contributed by atoms with E-state index < -0.39 is 5.91 Å². The second-order valence-electron chi connectivity index (χ2n) is 8.98. The molecule has 6 nitrogen and oxygen atoms in total. The third-order valence-electron chi connectivity index (χ3n) is 6.56. The van der Waals surface area contributed by atoms with Gasteiger partial charge in [0.1, 0.15) is 0 Å². The highest BCUT2D eigenvalue weighted by molar-refractivity contribution is 5.93. The number of hydrogen-bond donors (Lipinski definition) is 2. The molecule has 2 aromatic carbocycles. The maximum absolute atomic E-state index is 11.5. The predicted molar refractivity (Wildman–Crippen MR) is 136 cm³/mol. The lowest BCUT2D eigenvalue weighted by Gasteiger charge is -2.44. The molecule has 7 heteroatoms. The molecule has 182 valence electrons. The summed E-state index contributed by atoms with van der Waals surface area (Å²) in [6.07, 6.45) is 0. The zero-order chi connectivity index (χ0) is 23.1. The zero-order valence-electron chi connectivity index (χ0n) is 20.3. The lowest BCUT2D eigenvalue weighted by Crippen LogP contribution is -2.55. The maximum Gasteiger partial charge on any atom is 0.274 e. The van der Waals surface area contributed by atoms with E-state index in [2.05, 4.69) is 66.7 Å². The molecule has 3 rings (SSSR count). The summed E-state index contributed by atoms with van der Waals surface area (Å²) in [5.74, 6) is -0.479. The predicted octanol–water partition coefficient (Wildman–Crippen LogP) is 4.16. The number of rotatable bonds is 9. The van der Waals surface area contributed by atoms with Gasteiger partial charge in [0.05, 0.1) is 0 Å². The Morgan fingerprint density at radius 1 is 0.970 bits per heavy atom. The minimum absolute atomic E-state index is 0. The normalized spacial score (nSPS) is 19.3. The topological polar surface area (TPSA) is 59.0 Å². The lowest BCUT2D eigenvalue weighted by molar-refractivity contribution is 0.0290. The summed E-state index contributed by atoms with van der Waals surface area (Å²) >= 11 is 0. The van der Waals surface area contributed by atoms with E-state index in [0.29, 0.717) is 17.6 Å². The van der Waals surface area contributed by atoms with Gasteiger partial charge in [-0.25, -0.2) is 5.48 Å². The van der Waals surface area contributed by atoms with Crippen LogP contribution in [0, 0.1) is 0 Å². The van der Waals surface area contributed by atoms with E-state index in [9.17, 15) is 4.79 Å². The van der Waals surface area contributed by atoms with Crippen molar-refractivity contribution in [2.24, 2.45) is 0 Å². The summed E-state index contributed by atoms with van der Waals surface area (Å²) in [4.78, 5) is 19.1. The molecule has 0 saturated carbocycles. The first-order chi connectivity index (χ1) is 15.4. The van der Waals surface area contributed by atoms with Crippen molar-refractivity contribution in [2.45, 2.75) is 59.4 Å². The van der Waals surface area contributed by atoms with Gasteiger partial charge in [-0.05, 0) is 55.8 Å². The van der Waals surface area contributed by atoms with Gasteiger partial charge in [0.2, 0.25) is 0 Å². The molecule has 1 saturated heterocycles. The summed E-state index contributed by atoms with van der Waals surface area (Å²) < 4.78 is 0. The highest BCUT2D eigenvalue weighted by Crippen LogP contribution is 2.21. The number of amides is 1. The molecule has 2 atom stereocenters. The van der Waals surface area contributed by atoms with E-state index in [1.165, 1.54) is 16.7 Å². The molecule has 1 heterocycles. The van der Waals surface area contributed by atoms with Crippen LogP contribution in [0.2, 0.25) is 0 Å². The standard InChI is InChI=1S/C26H38N4O2.ClH/c1-5-28(6-2)17-23-8-7-9-24(14-23)18-29-15-20(3)30(21(4)16-29)19-22-10-12-25(13-11-22)26(31)27-32;/h7-14,20-21,32H,5-6,15-19H2,1-4H3,(H,27,31);1H/t20-,21+;. The van der Waals surface area contributed by atoms with Crippen molar-refractivity contribution in [3.63, 3.8) is 0 Å². The number of benzene rings is 2. The van der Waals surface area contributed by atoms with E-state index in [-0.39, 0.29) is 12.4 Å². The van der Waals surface area contributed by atoms with Crippen molar-refractivity contribution in [1.29, 1.82) is 0 Å². The number of nitrogens with one attached hydrogen (secondary N) is 1. The Hall–Kier alpha value is -1.96. The van der Waals surface area contributed by atoms with Gasteiger partial charge in [0.25, 0.3) is 5.91 Å². The van der Waals surface area contributed by atoms with Crippen LogP contribution in [0.5, 0.6) is 0 Å². The SMILES string of the molecule is CCN(CC)Cc1cccc(CN2C[C@@H](C)N(Cc3ccc(C(=O)NO)cc3)[C@@H](C)C2)c1.Cl. The Balaban J connectivity index is 0.00000385. The zero-order valence-corrected chi connectivity index (χ0v) is 21.1. The van der Waals surface area contributed by atoms with Gasteiger partial charge in [-0.15, -0.1) is 12.4 Å². The molecule has 0 bridgehead atoms. The molecule has 1 aliphatic rings. The van der Waals surface area contributed by atoms with E-state index in [0.717, 1.165) is 45.8 Å². The fourth-order valence-electron chi connectivity index (χ4n) is 4.73. The van der Waals surface area contributed by atoms with Gasteiger partial charge in [0.15, 0.2) is 0 Å². The van der Waals surface area contributed by atoms with Crippen molar-refractivity contribution < 1.29 is 10.0 Å². The molecule has 1 fully saturated rings. The number of nitrogens with zero attached hydrogens (tertiary/aromatic N) is 3. The number of carbonyl (C=O) groups is 1. The third-order valence-corrected chi connectivity index (χ3v) is 6.56. The van der Waals surface area contributed by atoms with Crippen LogP contribution in [0.1, 0.15) is 54.7 Å². The summed E-state index contributed by atoms with van der Waals surface area (Å²) in [6.45, 7) is 16.1. The van der Waals surface area contributed by atoms with Crippen LogP contribution in [0.3, 0.4) is 0 Å². The second kappa shape index (κ2) is 13.1. The van der Waals surface area contributed by atoms with Crippen LogP contribution in [0.15, 0.2) is 48.5 Å². The number of hydroxylamine groups is 1. The fraction of sp³-hybridized carbons (Fsp3) is 0.500. The number of halogens is 1. The van der Waals surface area contributed by atoms with Gasteiger partial charge in [-0.1, -0.05) is 50.2 Å². The molecule has 1 amide bonds. The van der Waals surface area contributed by atoms with E-state index in [1.807, 2.05) is 12.1 Å². The Morgan fingerprint density at radius 2 is 1.58 bits per heavy atom. The molecule has 0 aromatic heterocycles. The average molecular weight is 475 g/mol. The highest BCUT2D eigenvalue weighted by atomic mass is 35.5. The minimum atomic E-state index is -0.479. The van der Waals surface area contributed by atoms with Gasteiger partial charge < -0.3 is 0 Å². The van der Waals surface area contributed by atoms with Crippen LogP contribution in [0.25, 0.3) is 0 Å². The van der Waals surface area contributed by atoms with Gasteiger partial charge in [-0.3, -0.25) is 24.7 Å². The van der Waals surface area contributed by atoms with E-state index in [1.54, 1.807) is 17.6 Å². The summed E-state index contributed by atoms with van der Waals surface area (Å²) in [5.41, 5.74) is 6.10. The smallest absolute Gasteiger partial charge is 0.274 e. The Labute approximate surface area is 204 Å². The first kappa shape index (κ1) is 27.3. The summed E-state index contributed by atoms with van der Waals surface area (Å²) in [7, 11) is 0. The van der Waals surface area contributed by atoms with Crippen molar-refractivity contribution in [3.8, 4) is 0 Å². The Morgan fingerprint density at radius 3 is 2.15 bits per heavy atom. The second-order valence-corrected chi connectivity index (χ2v) is 8.98. The lowest BCUT2D eigenvalue weighted by atomic mass is 10.0. The quantitative estimate of drug-likeness (QED) is 0.422. The Bertz CT molecular complexity index is 861. The molecular weight excluding hydrogens is 436 g/mol. The van der Waals surface area contributed by atoms with Gasteiger partial charge >= 0.3 is 0 Å². The van der Waals surface area contributed by atoms with Crippen LogP contribution in [-0.2, 0) is 19.6 Å². The molecule has 33 heavy (non-hydrogen) atoms. The van der Waals surface area contributed by atoms with Gasteiger partial charge in [-0.2, -0.15) is 0 Å². The van der Waals surface area contributed by atoms with Crippen LogP contribution in [-0.4, -0.2) is 64.1 Å². The molecule has 1 aliphatic heterocycles. The first-order valence-electron chi connectivity index (χ1n) is 11.7. The molecule has 0 unspecified atom stereocenters. The average Bonchev–Trinajstić information content (AvgIpc) is 2.80. The van der Waals surface area contributed by atoms with Crippen LogP contribution < -0.4 is 5.48 Å². The molecule has 0 radical (unpaired) electrons. The molecule has 2 aromatic rings.